The van der Waals surface area contributed by atoms with Gasteiger partial charge in [0.15, 0.2) is 0 Å². The Morgan fingerprint density at radius 1 is 1.00 bits per heavy atom. The lowest BCUT2D eigenvalue weighted by Gasteiger charge is -2.16. The highest BCUT2D eigenvalue weighted by Gasteiger charge is 2.10. The van der Waals surface area contributed by atoms with Crippen molar-refractivity contribution in [3.05, 3.63) is 65.2 Å². The molecule has 0 radical (unpaired) electrons. The zero-order chi connectivity index (χ0) is 13.1. The quantitative estimate of drug-likeness (QED) is 0.845. The van der Waals surface area contributed by atoms with Gasteiger partial charge in [-0.25, -0.2) is 8.78 Å². The Hall–Kier alpha value is -1.90. The van der Waals surface area contributed by atoms with Crippen molar-refractivity contribution in [3.63, 3.8) is 0 Å². The van der Waals surface area contributed by atoms with E-state index in [0.29, 0.717) is 16.8 Å². The molecule has 0 aliphatic heterocycles. The summed E-state index contributed by atoms with van der Waals surface area (Å²) in [6.45, 7) is 3.55. The minimum Gasteiger partial charge on any atom is -0.378 e. The largest absolute Gasteiger partial charge is 0.378 e. The molecule has 1 atom stereocenters. The maximum absolute atomic E-state index is 13.6. The molecule has 0 fully saturated rings. The first-order valence-electron chi connectivity index (χ1n) is 5.85. The number of anilines is 1. The van der Waals surface area contributed by atoms with Crippen LogP contribution >= 0.6 is 0 Å². The van der Waals surface area contributed by atoms with E-state index in [2.05, 4.69) is 5.32 Å². The van der Waals surface area contributed by atoms with Crippen LogP contribution in [0.15, 0.2) is 42.5 Å². The SMILES string of the molecule is Cc1ccc(NC(C)c2ccccc2F)cc1F. The number of hydrogen-bond donors (Lipinski definition) is 1. The molecule has 0 spiro atoms. The highest BCUT2D eigenvalue weighted by molar-refractivity contribution is 5.47. The second-order valence-corrected chi connectivity index (χ2v) is 4.35. The third-order valence-electron chi connectivity index (χ3n) is 2.93. The van der Waals surface area contributed by atoms with Crippen LogP contribution in [0, 0.1) is 18.6 Å². The Morgan fingerprint density at radius 2 is 1.72 bits per heavy atom. The van der Waals surface area contributed by atoms with E-state index >= 15 is 0 Å². The van der Waals surface area contributed by atoms with Crippen molar-refractivity contribution < 1.29 is 8.78 Å². The molecule has 0 bridgehead atoms. The highest BCUT2D eigenvalue weighted by Crippen LogP contribution is 2.22. The highest BCUT2D eigenvalue weighted by atomic mass is 19.1. The van der Waals surface area contributed by atoms with Gasteiger partial charge in [-0.15, -0.1) is 0 Å². The van der Waals surface area contributed by atoms with Crippen LogP contribution in [-0.4, -0.2) is 0 Å². The van der Waals surface area contributed by atoms with E-state index < -0.39 is 0 Å². The molecule has 0 aliphatic rings. The average Bonchev–Trinajstić information content (AvgIpc) is 2.34. The van der Waals surface area contributed by atoms with Crippen LogP contribution in [-0.2, 0) is 0 Å². The van der Waals surface area contributed by atoms with E-state index in [1.54, 1.807) is 37.3 Å². The lowest BCUT2D eigenvalue weighted by atomic mass is 10.1. The molecule has 0 heterocycles. The summed E-state index contributed by atoms with van der Waals surface area (Å²) in [5.74, 6) is -0.522. The van der Waals surface area contributed by atoms with E-state index in [9.17, 15) is 8.78 Å². The molecule has 94 valence electrons. The molecule has 2 aromatic rings. The van der Waals surface area contributed by atoms with Gasteiger partial charge in [-0.1, -0.05) is 24.3 Å². The predicted octanol–water partition coefficient (Wildman–Crippen LogP) is 4.45. The van der Waals surface area contributed by atoms with Crippen LogP contribution in [0.3, 0.4) is 0 Å². The smallest absolute Gasteiger partial charge is 0.128 e. The molecule has 1 nitrogen and oxygen atoms in total. The zero-order valence-corrected chi connectivity index (χ0v) is 10.4. The van der Waals surface area contributed by atoms with Crippen LogP contribution in [0.25, 0.3) is 0 Å². The van der Waals surface area contributed by atoms with Gasteiger partial charge >= 0.3 is 0 Å². The minimum absolute atomic E-state index is 0.215. The van der Waals surface area contributed by atoms with Gasteiger partial charge in [0.2, 0.25) is 0 Å². The summed E-state index contributed by atoms with van der Waals surface area (Å²) >= 11 is 0. The molecule has 0 saturated carbocycles. The van der Waals surface area contributed by atoms with E-state index in [0.717, 1.165) is 0 Å². The van der Waals surface area contributed by atoms with Gasteiger partial charge in [0.1, 0.15) is 11.6 Å². The Morgan fingerprint density at radius 3 is 2.39 bits per heavy atom. The fourth-order valence-electron chi connectivity index (χ4n) is 1.84. The number of hydrogen-bond acceptors (Lipinski definition) is 1. The molecule has 2 aromatic carbocycles. The molecule has 0 aromatic heterocycles. The first kappa shape index (κ1) is 12.6. The van der Waals surface area contributed by atoms with Crippen LogP contribution in [0.5, 0.6) is 0 Å². The first-order valence-corrected chi connectivity index (χ1v) is 5.85. The fourth-order valence-corrected chi connectivity index (χ4v) is 1.84. The second-order valence-electron chi connectivity index (χ2n) is 4.35. The number of halogens is 2. The van der Waals surface area contributed by atoms with E-state index in [1.807, 2.05) is 6.92 Å². The Bertz CT molecular complexity index is 552. The Labute approximate surface area is 105 Å². The van der Waals surface area contributed by atoms with Gasteiger partial charge in [-0.3, -0.25) is 0 Å². The predicted molar refractivity (Wildman–Crippen MR) is 69.6 cm³/mol. The van der Waals surface area contributed by atoms with Crippen LogP contribution < -0.4 is 5.32 Å². The van der Waals surface area contributed by atoms with Gasteiger partial charge in [0, 0.05) is 11.3 Å². The molecular weight excluding hydrogens is 232 g/mol. The summed E-state index contributed by atoms with van der Waals surface area (Å²) in [5, 5.41) is 3.09. The van der Waals surface area contributed by atoms with Gasteiger partial charge < -0.3 is 5.32 Å². The second kappa shape index (κ2) is 5.17. The summed E-state index contributed by atoms with van der Waals surface area (Å²) in [5.41, 5.74) is 1.81. The first-order chi connectivity index (χ1) is 8.58. The van der Waals surface area contributed by atoms with Gasteiger partial charge in [-0.05, 0) is 37.6 Å². The fraction of sp³-hybridized carbons (Fsp3) is 0.200. The van der Waals surface area contributed by atoms with Crippen LogP contribution in [0.1, 0.15) is 24.1 Å². The maximum atomic E-state index is 13.6. The number of benzene rings is 2. The molecular formula is C15H15F2N. The molecule has 18 heavy (non-hydrogen) atoms. The lowest BCUT2D eigenvalue weighted by Crippen LogP contribution is -2.08. The standard InChI is InChI=1S/C15H15F2N/c1-10-7-8-12(9-15(10)17)18-11(2)13-5-3-4-6-14(13)16/h3-9,11,18H,1-2H3. The van der Waals surface area contributed by atoms with Crippen LogP contribution in [0.4, 0.5) is 14.5 Å². The summed E-state index contributed by atoms with van der Waals surface area (Å²) in [7, 11) is 0. The van der Waals surface area contributed by atoms with Crippen molar-refractivity contribution >= 4 is 5.69 Å². The third kappa shape index (κ3) is 2.67. The van der Waals surface area contributed by atoms with Crippen molar-refractivity contribution in [2.24, 2.45) is 0 Å². The van der Waals surface area contributed by atoms with Gasteiger partial charge in [0.05, 0.1) is 6.04 Å². The van der Waals surface area contributed by atoms with E-state index in [1.165, 1.54) is 12.1 Å². The third-order valence-corrected chi connectivity index (χ3v) is 2.93. The van der Waals surface area contributed by atoms with Crippen molar-refractivity contribution in [2.45, 2.75) is 19.9 Å². The summed E-state index contributed by atoms with van der Waals surface area (Å²) in [6.07, 6.45) is 0. The number of aryl methyl sites for hydroxylation is 1. The Balaban J connectivity index is 2.19. The van der Waals surface area contributed by atoms with Gasteiger partial charge in [0.25, 0.3) is 0 Å². The Kier molecular flexibility index (Phi) is 3.60. The minimum atomic E-state index is -0.263. The van der Waals surface area contributed by atoms with Crippen molar-refractivity contribution in [3.8, 4) is 0 Å². The summed E-state index contributed by atoms with van der Waals surface area (Å²) in [6, 6.07) is 11.3. The normalized spacial score (nSPS) is 12.2. The lowest BCUT2D eigenvalue weighted by molar-refractivity contribution is 0.599. The van der Waals surface area contributed by atoms with Crippen molar-refractivity contribution in [1.82, 2.24) is 0 Å². The van der Waals surface area contributed by atoms with Crippen molar-refractivity contribution in [2.75, 3.05) is 5.32 Å². The number of rotatable bonds is 3. The number of nitrogens with one attached hydrogen (secondary N) is 1. The topological polar surface area (TPSA) is 12.0 Å². The maximum Gasteiger partial charge on any atom is 0.128 e. The molecule has 0 saturated heterocycles. The average molecular weight is 247 g/mol. The van der Waals surface area contributed by atoms with Crippen LogP contribution in [0.2, 0.25) is 0 Å². The summed E-state index contributed by atoms with van der Waals surface area (Å²) in [4.78, 5) is 0. The molecule has 1 N–H and O–H groups in total. The summed E-state index contributed by atoms with van der Waals surface area (Å²) < 4.78 is 27.0. The molecule has 2 rings (SSSR count). The molecule has 3 heteroatoms. The van der Waals surface area contributed by atoms with Gasteiger partial charge in [-0.2, -0.15) is 0 Å². The van der Waals surface area contributed by atoms with E-state index in [4.69, 9.17) is 0 Å². The monoisotopic (exact) mass is 247 g/mol. The molecule has 0 amide bonds. The zero-order valence-electron chi connectivity index (χ0n) is 10.4. The molecule has 1 unspecified atom stereocenters. The molecule has 0 aliphatic carbocycles. The van der Waals surface area contributed by atoms with E-state index in [-0.39, 0.29) is 17.7 Å². The van der Waals surface area contributed by atoms with Crippen molar-refractivity contribution in [1.29, 1.82) is 0 Å².